The molecule has 0 bridgehead atoms. The van der Waals surface area contributed by atoms with Gasteiger partial charge >= 0.3 is 0 Å². The first-order valence-corrected chi connectivity index (χ1v) is 5.36. The van der Waals surface area contributed by atoms with Crippen LogP contribution in [0.5, 0.6) is 0 Å². The molecule has 2 aromatic rings. The summed E-state index contributed by atoms with van der Waals surface area (Å²) >= 11 is 3.54. The minimum Gasteiger partial charge on any atom is -0.469 e. The van der Waals surface area contributed by atoms with Gasteiger partial charge in [-0.3, -0.25) is 0 Å². The predicted octanol–water partition coefficient (Wildman–Crippen LogP) is 4.19. The van der Waals surface area contributed by atoms with Crippen LogP contribution in [0.1, 0.15) is 24.2 Å². The molecule has 0 unspecified atom stereocenters. The van der Waals surface area contributed by atoms with Crippen molar-refractivity contribution < 1.29 is 4.42 Å². The van der Waals surface area contributed by atoms with Crippen molar-refractivity contribution in [3.63, 3.8) is 0 Å². The van der Waals surface area contributed by atoms with Crippen LogP contribution in [0.4, 0.5) is 0 Å². The van der Waals surface area contributed by atoms with E-state index in [4.69, 9.17) is 4.42 Å². The van der Waals surface area contributed by atoms with Gasteiger partial charge in [-0.15, -0.1) is 0 Å². The van der Waals surface area contributed by atoms with E-state index in [9.17, 15) is 0 Å². The Balaban J connectivity index is 2.37. The van der Waals surface area contributed by atoms with Crippen LogP contribution in [0.15, 0.2) is 51.6 Å². The van der Waals surface area contributed by atoms with Gasteiger partial charge in [0, 0.05) is 10.4 Å². The van der Waals surface area contributed by atoms with E-state index in [1.54, 1.807) is 6.26 Å². The normalized spacial score (nSPS) is 12.7. The van der Waals surface area contributed by atoms with Crippen LogP contribution < -0.4 is 0 Å². The van der Waals surface area contributed by atoms with Crippen LogP contribution in [-0.4, -0.2) is 0 Å². The second-order valence-corrected chi connectivity index (χ2v) is 4.11. The molecule has 2 rings (SSSR count). The van der Waals surface area contributed by atoms with E-state index >= 15 is 0 Å². The van der Waals surface area contributed by atoms with Gasteiger partial charge in [-0.2, -0.15) is 0 Å². The van der Waals surface area contributed by atoms with Gasteiger partial charge in [-0.1, -0.05) is 41.1 Å². The van der Waals surface area contributed by atoms with Crippen LogP contribution in [-0.2, 0) is 0 Å². The average Bonchev–Trinajstić information content (AvgIpc) is 2.70. The number of hydrogen-bond acceptors (Lipinski definition) is 1. The number of furan rings is 1. The fourth-order valence-electron chi connectivity index (χ4n) is 1.52. The third-order valence-electron chi connectivity index (χ3n) is 2.34. The van der Waals surface area contributed by atoms with E-state index in [1.165, 1.54) is 5.56 Å². The maximum atomic E-state index is 5.38. The quantitative estimate of drug-likeness (QED) is 0.779. The Labute approximate surface area is 91.9 Å². The molecule has 2 heteroatoms. The van der Waals surface area contributed by atoms with Crippen molar-refractivity contribution in [3.8, 4) is 0 Å². The maximum absolute atomic E-state index is 5.38. The van der Waals surface area contributed by atoms with Crippen molar-refractivity contribution >= 4 is 15.9 Å². The molecule has 0 saturated carbocycles. The molecular weight excluding hydrogens is 240 g/mol. The van der Waals surface area contributed by atoms with Crippen LogP contribution in [0.3, 0.4) is 0 Å². The van der Waals surface area contributed by atoms with E-state index < -0.39 is 0 Å². The molecule has 72 valence electrons. The summed E-state index contributed by atoms with van der Waals surface area (Å²) in [6.07, 6.45) is 1.71. The smallest absolute Gasteiger partial charge is 0.110 e. The lowest BCUT2D eigenvalue weighted by molar-refractivity contribution is 0.495. The van der Waals surface area contributed by atoms with Gasteiger partial charge in [0.1, 0.15) is 5.76 Å². The third-order valence-corrected chi connectivity index (χ3v) is 3.06. The minimum atomic E-state index is 0.292. The summed E-state index contributed by atoms with van der Waals surface area (Å²) in [5.74, 6) is 1.29. The molecule has 0 spiro atoms. The highest BCUT2D eigenvalue weighted by Crippen LogP contribution is 2.29. The topological polar surface area (TPSA) is 13.1 Å². The maximum Gasteiger partial charge on any atom is 0.110 e. The lowest BCUT2D eigenvalue weighted by Gasteiger charge is -2.10. The first-order valence-electron chi connectivity index (χ1n) is 4.57. The van der Waals surface area contributed by atoms with Gasteiger partial charge in [0.05, 0.1) is 6.26 Å². The standard InChI is InChI=1S/C12H11BrO/c1-9(12-7-4-8-14-12)10-5-2-3-6-11(10)13/h2-9H,1H3/t9-/m1/s1. The van der Waals surface area contributed by atoms with Crippen molar-refractivity contribution in [1.82, 2.24) is 0 Å². The summed E-state index contributed by atoms with van der Waals surface area (Å²) in [4.78, 5) is 0. The summed E-state index contributed by atoms with van der Waals surface area (Å²) in [5.41, 5.74) is 1.25. The van der Waals surface area contributed by atoms with Gasteiger partial charge < -0.3 is 4.42 Å². The van der Waals surface area contributed by atoms with Gasteiger partial charge in [0.15, 0.2) is 0 Å². The zero-order chi connectivity index (χ0) is 9.97. The molecule has 1 aromatic carbocycles. The van der Waals surface area contributed by atoms with Crippen LogP contribution >= 0.6 is 15.9 Å². The molecule has 14 heavy (non-hydrogen) atoms. The monoisotopic (exact) mass is 250 g/mol. The Bertz CT molecular complexity index is 406. The second-order valence-electron chi connectivity index (χ2n) is 3.26. The number of rotatable bonds is 2. The van der Waals surface area contributed by atoms with Crippen molar-refractivity contribution in [2.45, 2.75) is 12.8 Å². The summed E-state index contributed by atoms with van der Waals surface area (Å²) in [6.45, 7) is 2.14. The molecule has 1 atom stereocenters. The van der Waals surface area contributed by atoms with Crippen LogP contribution in [0.25, 0.3) is 0 Å². The van der Waals surface area contributed by atoms with Crippen molar-refractivity contribution in [2.24, 2.45) is 0 Å². The summed E-state index contributed by atoms with van der Waals surface area (Å²) in [5, 5.41) is 0. The molecule has 0 saturated heterocycles. The van der Waals surface area contributed by atoms with E-state index in [2.05, 4.69) is 35.0 Å². The summed E-state index contributed by atoms with van der Waals surface area (Å²) in [7, 11) is 0. The molecule has 0 aliphatic rings. The fourth-order valence-corrected chi connectivity index (χ4v) is 2.15. The highest BCUT2D eigenvalue weighted by atomic mass is 79.9. The lowest BCUT2D eigenvalue weighted by Crippen LogP contribution is -1.94. The highest BCUT2D eigenvalue weighted by Gasteiger charge is 2.12. The van der Waals surface area contributed by atoms with E-state index in [0.717, 1.165) is 10.2 Å². The van der Waals surface area contributed by atoms with Gasteiger partial charge in [-0.05, 0) is 23.8 Å². The second kappa shape index (κ2) is 4.01. The molecule has 1 aromatic heterocycles. The lowest BCUT2D eigenvalue weighted by atomic mass is 9.99. The molecule has 0 amide bonds. The van der Waals surface area contributed by atoms with E-state index in [-0.39, 0.29) is 0 Å². The molecule has 1 heterocycles. The van der Waals surface area contributed by atoms with Gasteiger partial charge in [0.25, 0.3) is 0 Å². The molecule has 0 radical (unpaired) electrons. The van der Waals surface area contributed by atoms with E-state index in [0.29, 0.717) is 5.92 Å². The van der Waals surface area contributed by atoms with Crippen LogP contribution in [0, 0.1) is 0 Å². The largest absolute Gasteiger partial charge is 0.469 e. The fraction of sp³-hybridized carbons (Fsp3) is 0.167. The predicted molar refractivity (Wildman–Crippen MR) is 60.4 cm³/mol. The van der Waals surface area contributed by atoms with Crippen molar-refractivity contribution in [3.05, 3.63) is 58.5 Å². The summed E-state index contributed by atoms with van der Waals surface area (Å²) in [6, 6.07) is 12.1. The van der Waals surface area contributed by atoms with Crippen molar-refractivity contribution in [2.75, 3.05) is 0 Å². The number of halogens is 1. The number of benzene rings is 1. The molecule has 0 N–H and O–H groups in total. The minimum absolute atomic E-state index is 0.292. The average molecular weight is 251 g/mol. The first kappa shape index (κ1) is 9.53. The Morgan fingerprint density at radius 1 is 1.14 bits per heavy atom. The zero-order valence-electron chi connectivity index (χ0n) is 7.91. The van der Waals surface area contributed by atoms with Gasteiger partial charge in [0.2, 0.25) is 0 Å². The third kappa shape index (κ3) is 1.75. The Morgan fingerprint density at radius 3 is 2.57 bits per heavy atom. The Hall–Kier alpha value is -1.02. The van der Waals surface area contributed by atoms with Gasteiger partial charge in [-0.25, -0.2) is 0 Å². The first-order chi connectivity index (χ1) is 6.79. The zero-order valence-corrected chi connectivity index (χ0v) is 9.49. The summed E-state index contributed by atoms with van der Waals surface area (Å²) < 4.78 is 6.51. The Kier molecular flexibility index (Phi) is 2.73. The molecular formula is C12H11BrO. The SMILES string of the molecule is C[C@@H](c1ccco1)c1ccccc1Br. The molecule has 0 fully saturated rings. The molecule has 0 aliphatic heterocycles. The van der Waals surface area contributed by atoms with Crippen LogP contribution in [0.2, 0.25) is 0 Å². The highest BCUT2D eigenvalue weighted by molar-refractivity contribution is 9.10. The number of hydrogen-bond donors (Lipinski definition) is 0. The molecule has 0 aliphatic carbocycles. The molecule has 1 nitrogen and oxygen atoms in total. The Morgan fingerprint density at radius 2 is 1.93 bits per heavy atom. The van der Waals surface area contributed by atoms with Crippen molar-refractivity contribution in [1.29, 1.82) is 0 Å². The van der Waals surface area contributed by atoms with E-state index in [1.807, 2.05) is 24.3 Å².